The predicted octanol–water partition coefficient (Wildman–Crippen LogP) is 2.66. The zero-order valence-electron chi connectivity index (χ0n) is 14.2. The van der Waals surface area contributed by atoms with E-state index in [0.717, 1.165) is 31.2 Å². The van der Waals surface area contributed by atoms with Crippen LogP contribution in [0.3, 0.4) is 0 Å². The van der Waals surface area contributed by atoms with E-state index in [1.165, 1.54) is 0 Å². The van der Waals surface area contributed by atoms with E-state index in [1.54, 1.807) is 6.20 Å². The third-order valence-corrected chi connectivity index (χ3v) is 3.21. The van der Waals surface area contributed by atoms with E-state index in [2.05, 4.69) is 44.5 Å². The molecule has 0 aromatic carbocycles. The smallest absolute Gasteiger partial charge is 0.218 e. The number of guanidine groups is 1. The number of nitrogens with zero attached hydrogens (tertiary/aromatic N) is 3. The fourth-order valence-electron chi connectivity index (χ4n) is 2.14. The van der Waals surface area contributed by atoms with Gasteiger partial charge in [-0.1, -0.05) is 6.07 Å². The van der Waals surface area contributed by atoms with E-state index in [0.29, 0.717) is 19.0 Å². The molecular formula is C17H26IN5O. The average Bonchev–Trinajstić information content (AvgIpc) is 3.07. The van der Waals surface area contributed by atoms with Crippen LogP contribution in [0.25, 0.3) is 0 Å². The Labute approximate surface area is 160 Å². The van der Waals surface area contributed by atoms with E-state index in [-0.39, 0.29) is 24.0 Å². The zero-order chi connectivity index (χ0) is 16.3. The highest BCUT2D eigenvalue weighted by atomic mass is 127. The minimum absolute atomic E-state index is 0. The van der Waals surface area contributed by atoms with Gasteiger partial charge in [-0.3, -0.25) is 0 Å². The summed E-state index contributed by atoms with van der Waals surface area (Å²) in [7, 11) is 0. The minimum Gasteiger partial charge on any atom is -0.478 e. The molecule has 132 valence electrons. The second-order valence-electron chi connectivity index (χ2n) is 4.94. The van der Waals surface area contributed by atoms with Crippen molar-refractivity contribution in [3.63, 3.8) is 0 Å². The van der Waals surface area contributed by atoms with Crippen molar-refractivity contribution in [2.45, 2.75) is 26.9 Å². The summed E-state index contributed by atoms with van der Waals surface area (Å²) in [4.78, 5) is 8.86. The first kappa shape index (κ1) is 20.3. The standard InChI is InChI=1S/C17H25N5O.HI/c1-3-18-17(20-10-13-22-11-5-6-12-22)21-14-15-8-7-9-19-16(15)23-4-2;/h5-9,11-12H,3-4,10,13-14H2,1-2H3,(H2,18,20,21);1H. The molecule has 2 aromatic heterocycles. The van der Waals surface area contributed by atoms with Gasteiger partial charge in [-0.05, 0) is 32.0 Å². The van der Waals surface area contributed by atoms with Crippen LogP contribution in [-0.2, 0) is 13.1 Å². The van der Waals surface area contributed by atoms with Crippen LogP contribution < -0.4 is 15.4 Å². The van der Waals surface area contributed by atoms with Crippen LogP contribution in [0.2, 0.25) is 0 Å². The van der Waals surface area contributed by atoms with Gasteiger partial charge in [0.05, 0.1) is 13.2 Å². The molecule has 2 heterocycles. The highest BCUT2D eigenvalue weighted by molar-refractivity contribution is 14.0. The molecule has 2 N–H and O–H groups in total. The largest absolute Gasteiger partial charge is 0.478 e. The van der Waals surface area contributed by atoms with Gasteiger partial charge in [-0.15, -0.1) is 24.0 Å². The van der Waals surface area contributed by atoms with Crippen molar-refractivity contribution in [2.75, 3.05) is 19.7 Å². The topological polar surface area (TPSA) is 63.5 Å². The number of aromatic nitrogens is 2. The molecule has 2 aromatic rings. The Morgan fingerprint density at radius 2 is 2.00 bits per heavy atom. The Bertz CT molecular complexity index is 601. The molecule has 0 atom stereocenters. The first-order valence-corrected chi connectivity index (χ1v) is 8.03. The fraction of sp³-hybridized carbons (Fsp3) is 0.412. The lowest BCUT2D eigenvalue weighted by molar-refractivity contribution is 0.323. The second-order valence-corrected chi connectivity index (χ2v) is 4.94. The molecule has 7 heteroatoms. The summed E-state index contributed by atoms with van der Waals surface area (Å²) < 4.78 is 7.66. The highest BCUT2D eigenvalue weighted by Gasteiger charge is 2.04. The SMILES string of the molecule is CCNC(=NCc1cccnc1OCC)NCCn1cccc1.I. The summed E-state index contributed by atoms with van der Waals surface area (Å²) in [5, 5.41) is 6.59. The van der Waals surface area contributed by atoms with Crippen molar-refractivity contribution in [1.82, 2.24) is 20.2 Å². The summed E-state index contributed by atoms with van der Waals surface area (Å²) >= 11 is 0. The summed E-state index contributed by atoms with van der Waals surface area (Å²) in [6.07, 6.45) is 5.84. The third kappa shape index (κ3) is 6.77. The molecule has 6 nitrogen and oxygen atoms in total. The van der Waals surface area contributed by atoms with Crippen LogP contribution in [0.1, 0.15) is 19.4 Å². The van der Waals surface area contributed by atoms with E-state index in [4.69, 9.17) is 4.74 Å². The number of nitrogens with one attached hydrogen (secondary N) is 2. The molecule has 0 saturated heterocycles. The van der Waals surface area contributed by atoms with Crippen LogP contribution in [-0.4, -0.2) is 35.2 Å². The quantitative estimate of drug-likeness (QED) is 0.374. The van der Waals surface area contributed by atoms with E-state index >= 15 is 0 Å². The molecular weight excluding hydrogens is 417 g/mol. The molecule has 24 heavy (non-hydrogen) atoms. The van der Waals surface area contributed by atoms with Crippen molar-refractivity contribution in [1.29, 1.82) is 0 Å². The first-order chi connectivity index (χ1) is 11.3. The summed E-state index contributed by atoms with van der Waals surface area (Å²) in [5.74, 6) is 1.45. The molecule has 0 fully saturated rings. The maximum Gasteiger partial charge on any atom is 0.218 e. The number of pyridine rings is 1. The second kappa shape index (κ2) is 11.7. The average molecular weight is 443 g/mol. The van der Waals surface area contributed by atoms with E-state index in [9.17, 15) is 0 Å². The van der Waals surface area contributed by atoms with Crippen molar-refractivity contribution < 1.29 is 4.74 Å². The highest BCUT2D eigenvalue weighted by Crippen LogP contribution is 2.15. The van der Waals surface area contributed by atoms with E-state index < -0.39 is 0 Å². The van der Waals surface area contributed by atoms with Gasteiger partial charge in [-0.25, -0.2) is 9.98 Å². The number of halogens is 1. The fourth-order valence-corrected chi connectivity index (χ4v) is 2.14. The summed E-state index contributed by atoms with van der Waals surface area (Å²) in [6.45, 7) is 7.67. The lowest BCUT2D eigenvalue weighted by atomic mass is 10.3. The van der Waals surface area contributed by atoms with Gasteiger partial charge in [0, 0.05) is 43.8 Å². The predicted molar refractivity (Wildman–Crippen MR) is 108 cm³/mol. The van der Waals surface area contributed by atoms with Crippen LogP contribution >= 0.6 is 24.0 Å². The third-order valence-electron chi connectivity index (χ3n) is 3.21. The molecule has 2 rings (SSSR count). The lowest BCUT2D eigenvalue weighted by Crippen LogP contribution is -2.38. The number of ether oxygens (including phenoxy) is 1. The molecule has 0 aliphatic carbocycles. The maximum absolute atomic E-state index is 5.53. The van der Waals surface area contributed by atoms with Gasteiger partial charge in [0.15, 0.2) is 5.96 Å². The Morgan fingerprint density at radius 1 is 1.21 bits per heavy atom. The van der Waals surface area contributed by atoms with Crippen LogP contribution in [0.4, 0.5) is 0 Å². The number of rotatable bonds is 8. The molecule has 0 bridgehead atoms. The molecule has 0 aliphatic heterocycles. The number of hydrogen-bond donors (Lipinski definition) is 2. The molecule has 0 radical (unpaired) electrons. The first-order valence-electron chi connectivity index (χ1n) is 8.03. The Morgan fingerprint density at radius 3 is 2.71 bits per heavy atom. The van der Waals surface area contributed by atoms with Gasteiger partial charge in [0.1, 0.15) is 0 Å². The molecule has 0 saturated carbocycles. The number of aliphatic imine (C=N–C) groups is 1. The molecule has 0 aliphatic rings. The lowest BCUT2D eigenvalue weighted by Gasteiger charge is -2.12. The van der Waals surface area contributed by atoms with Crippen molar-refractivity contribution in [2.24, 2.45) is 4.99 Å². The number of hydrogen-bond acceptors (Lipinski definition) is 3. The van der Waals surface area contributed by atoms with Gasteiger partial charge >= 0.3 is 0 Å². The van der Waals surface area contributed by atoms with Crippen molar-refractivity contribution in [3.05, 3.63) is 48.4 Å². The Kier molecular flexibility index (Phi) is 9.90. The molecule has 0 unspecified atom stereocenters. The van der Waals surface area contributed by atoms with Gasteiger partial charge in [0.25, 0.3) is 0 Å². The minimum atomic E-state index is 0. The summed E-state index contributed by atoms with van der Waals surface area (Å²) in [5.41, 5.74) is 0.983. The van der Waals surface area contributed by atoms with Crippen LogP contribution in [0.15, 0.2) is 47.8 Å². The van der Waals surface area contributed by atoms with Crippen LogP contribution in [0, 0.1) is 0 Å². The van der Waals surface area contributed by atoms with Crippen molar-refractivity contribution in [3.8, 4) is 5.88 Å². The van der Waals surface area contributed by atoms with Gasteiger partial charge in [0.2, 0.25) is 5.88 Å². The zero-order valence-corrected chi connectivity index (χ0v) is 16.6. The van der Waals surface area contributed by atoms with Crippen LogP contribution in [0.5, 0.6) is 5.88 Å². The maximum atomic E-state index is 5.53. The normalized spacial score (nSPS) is 10.8. The Hall–Kier alpha value is -1.77. The molecule has 0 amide bonds. The monoisotopic (exact) mass is 443 g/mol. The van der Waals surface area contributed by atoms with Gasteiger partial charge in [-0.2, -0.15) is 0 Å². The Balaban J connectivity index is 0.00000288. The van der Waals surface area contributed by atoms with Gasteiger partial charge < -0.3 is 19.9 Å². The molecule has 0 spiro atoms. The van der Waals surface area contributed by atoms with Crippen molar-refractivity contribution >= 4 is 29.9 Å². The van der Waals surface area contributed by atoms with E-state index in [1.807, 2.05) is 31.2 Å². The summed E-state index contributed by atoms with van der Waals surface area (Å²) in [6, 6.07) is 7.94.